The minimum Gasteiger partial charge on any atom is -0.307 e. The fourth-order valence-electron chi connectivity index (χ4n) is 6.02. The monoisotopic (exact) mass is 581 g/mol. The first-order chi connectivity index (χ1) is 18.2. The number of amides is 1. The van der Waals surface area contributed by atoms with Crippen molar-refractivity contribution in [1.82, 2.24) is 4.31 Å². The number of piperidine rings is 1. The quantitative estimate of drug-likeness (QED) is 0.557. The molecule has 39 heavy (non-hydrogen) atoms. The molecule has 1 spiro atoms. The Bertz CT molecular complexity index is 1490. The number of rotatable bonds is 5. The molecule has 1 amide bonds. The highest BCUT2D eigenvalue weighted by atomic mass is 32.2. The van der Waals surface area contributed by atoms with E-state index < -0.39 is 38.8 Å². The first-order valence-electron chi connectivity index (χ1n) is 13.1. The van der Waals surface area contributed by atoms with Gasteiger partial charge in [-0.3, -0.25) is 9.52 Å². The summed E-state index contributed by atoms with van der Waals surface area (Å²) in [5.74, 6) is -2.69. The summed E-state index contributed by atoms with van der Waals surface area (Å²) in [4.78, 5) is 15.4. The number of sulfonamides is 2. The Morgan fingerprint density at radius 1 is 0.974 bits per heavy atom. The van der Waals surface area contributed by atoms with Crippen LogP contribution in [0.1, 0.15) is 61.4 Å². The number of fused-ring (bicyclic) bond motifs is 2. The molecule has 5 rings (SSSR count). The fraction of sp³-hybridized carbons (Fsp3) is 0.519. The summed E-state index contributed by atoms with van der Waals surface area (Å²) in [5.41, 5.74) is 1.89. The van der Waals surface area contributed by atoms with Crippen LogP contribution in [0, 0.1) is 5.92 Å². The van der Waals surface area contributed by atoms with E-state index in [1.807, 2.05) is 6.07 Å². The molecule has 1 saturated carbocycles. The second kappa shape index (κ2) is 9.81. The number of carbonyl (C=O) groups is 1. The molecule has 2 heterocycles. The molecule has 1 aliphatic carbocycles. The molecule has 1 N–H and O–H groups in total. The molecule has 2 aromatic carbocycles. The van der Waals surface area contributed by atoms with Gasteiger partial charge in [0.25, 0.3) is 11.8 Å². The third-order valence-corrected chi connectivity index (χ3v) is 10.8. The first-order valence-corrected chi connectivity index (χ1v) is 16.4. The highest BCUT2D eigenvalue weighted by molar-refractivity contribution is 7.92. The number of benzene rings is 2. The van der Waals surface area contributed by atoms with Crippen molar-refractivity contribution in [3.8, 4) is 0 Å². The van der Waals surface area contributed by atoms with Crippen LogP contribution >= 0.6 is 0 Å². The van der Waals surface area contributed by atoms with Gasteiger partial charge in [0.05, 0.1) is 11.2 Å². The predicted octanol–water partition coefficient (Wildman–Crippen LogP) is 4.59. The van der Waals surface area contributed by atoms with Crippen LogP contribution in [-0.4, -0.2) is 58.9 Å². The van der Waals surface area contributed by atoms with Gasteiger partial charge in [0, 0.05) is 54.8 Å². The molecule has 0 unspecified atom stereocenters. The van der Waals surface area contributed by atoms with Crippen molar-refractivity contribution < 1.29 is 30.4 Å². The van der Waals surface area contributed by atoms with Gasteiger partial charge in [-0.05, 0) is 73.6 Å². The van der Waals surface area contributed by atoms with E-state index in [1.54, 1.807) is 23.1 Å². The van der Waals surface area contributed by atoms with Gasteiger partial charge in [0.2, 0.25) is 20.0 Å². The Labute approximate surface area is 228 Å². The molecule has 0 bridgehead atoms. The number of alkyl halides is 2. The summed E-state index contributed by atoms with van der Waals surface area (Å²) < 4.78 is 80.9. The fourth-order valence-corrected chi connectivity index (χ4v) is 8.06. The van der Waals surface area contributed by atoms with Crippen molar-refractivity contribution >= 4 is 37.3 Å². The highest BCUT2D eigenvalue weighted by Crippen LogP contribution is 2.51. The van der Waals surface area contributed by atoms with E-state index in [2.05, 4.69) is 11.6 Å². The highest BCUT2D eigenvalue weighted by Gasteiger charge is 2.46. The molecule has 2 aromatic rings. The number of anilines is 2. The number of nitrogens with one attached hydrogen (secondary N) is 1. The largest absolute Gasteiger partial charge is 0.307 e. The van der Waals surface area contributed by atoms with Crippen molar-refractivity contribution in [2.75, 3.05) is 35.5 Å². The SMILES string of the molecule is CS(=O)(=O)Nc1ccc2c(c1)[C@]1(CC[C@@H](C)CC1)CN2C(=O)c1cccc(S(=O)(=O)N2CCC(F)(F)CC2)c1. The van der Waals surface area contributed by atoms with Crippen LogP contribution in [0.3, 0.4) is 0 Å². The van der Waals surface area contributed by atoms with Crippen LogP contribution in [0.2, 0.25) is 0 Å². The van der Waals surface area contributed by atoms with Crippen LogP contribution in [0.25, 0.3) is 0 Å². The summed E-state index contributed by atoms with van der Waals surface area (Å²) in [5, 5.41) is 0. The number of halogens is 2. The smallest absolute Gasteiger partial charge is 0.258 e. The maximum atomic E-state index is 13.9. The number of nitrogens with zero attached hydrogens (tertiary/aromatic N) is 2. The molecule has 3 aliphatic rings. The zero-order chi connectivity index (χ0) is 28.2. The maximum absolute atomic E-state index is 13.9. The third-order valence-electron chi connectivity index (χ3n) is 8.27. The van der Waals surface area contributed by atoms with Crippen molar-refractivity contribution in [2.45, 2.75) is 61.7 Å². The van der Waals surface area contributed by atoms with Crippen molar-refractivity contribution in [1.29, 1.82) is 0 Å². The number of carbonyl (C=O) groups excluding carboxylic acids is 1. The predicted molar refractivity (Wildman–Crippen MR) is 145 cm³/mol. The van der Waals surface area contributed by atoms with Crippen LogP contribution in [-0.2, 0) is 25.5 Å². The average Bonchev–Trinajstić information content (AvgIpc) is 3.17. The lowest BCUT2D eigenvalue weighted by Crippen LogP contribution is -2.42. The lowest BCUT2D eigenvalue weighted by Gasteiger charge is -2.37. The number of hydrogen-bond donors (Lipinski definition) is 1. The van der Waals surface area contributed by atoms with Crippen LogP contribution in [0.15, 0.2) is 47.4 Å². The second-order valence-corrected chi connectivity index (χ2v) is 14.9. The van der Waals surface area contributed by atoms with E-state index in [4.69, 9.17) is 0 Å². The number of hydrogen-bond acceptors (Lipinski definition) is 5. The summed E-state index contributed by atoms with van der Waals surface area (Å²) in [7, 11) is -7.53. The molecule has 0 aromatic heterocycles. The average molecular weight is 582 g/mol. The van der Waals surface area contributed by atoms with Gasteiger partial charge in [-0.1, -0.05) is 13.0 Å². The molecule has 0 atom stereocenters. The van der Waals surface area contributed by atoms with E-state index in [-0.39, 0.29) is 34.9 Å². The third kappa shape index (κ3) is 5.55. The summed E-state index contributed by atoms with van der Waals surface area (Å²) >= 11 is 0. The molecule has 0 radical (unpaired) electrons. The van der Waals surface area contributed by atoms with E-state index in [0.717, 1.165) is 41.8 Å². The van der Waals surface area contributed by atoms with Crippen molar-refractivity contribution in [3.63, 3.8) is 0 Å². The van der Waals surface area contributed by atoms with Crippen LogP contribution in [0.5, 0.6) is 0 Å². The lowest BCUT2D eigenvalue weighted by atomic mass is 9.68. The summed E-state index contributed by atoms with van der Waals surface area (Å²) in [6.07, 6.45) is 3.67. The topological polar surface area (TPSA) is 104 Å². The summed E-state index contributed by atoms with van der Waals surface area (Å²) in [6.45, 7) is 2.05. The van der Waals surface area contributed by atoms with Gasteiger partial charge >= 0.3 is 0 Å². The van der Waals surface area contributed by atoms with Crippen molar-refractivity contribution in [2.24, 2.45) is 5.92 Å². The van der Waals surface area contributed by atoms with Gasteiger partial charge < -0.3 is 4.90 Å². The first kappa shape index (κ1) is 28.0. The van der Waals surface area contributed by atoms with Crippen LogP contribution in [0.4, 0.5) is 20.2 Å². The molecular weight excluding hydrogens is 548 g/mol. The molecule has 1 saturated heterocycles. The van der Waals surface area contributed by atoms with Gasteiger partial charge in [0.15, 0.2) is 0 Å². The van der Waals surface area contributed by atoms with Gasteiger partial charge in [-0.15, -0.1) is 0 Å². The normalized spacial score (nSPS) is 25.4. The minimum atomic E-state index is -4.04. The van der Waals surface area contributed by atoms with E-state index in [0.29, 0.717) is 23.8 Å². The molecule has 2 fully saturated rings. The Hall–Kier alpha value is -2.57. The Morgan fingerprint density at radius 2 is 1.64 bits per heavy atom. The second-order valence-electron chi connectivity index (χ2n) is 11.2. The lowest BCUT2D eigenvalue weighted by molar-refractivity contribution is -0.0412. The molecular formula is C27H33F2N3O5S2. The summed E-state index contributed by atoms with van der Waals surface area (Å²) in [6, 6.07) is 10.9. The Morgan fingerprint density at radius 3 is 2.28 bits per heavy atom. The Balaban J connectivity index is 1.47. The van der Waals surface area contributed by atoms with E-state index >= 15 is 0 Å². The van der Waals surface area contributed by atoms with Crippen molar-refractivity contribution in [3.05, 3.63) is 53.6 Å². The molecule has 8 nitrogen and oxygen atoms in total. The molecule has 212 valence electrons. The van der Waals surface area contributed by atoms with Gasteiger partial charge in [-0.25, -0.2) is 25.6 Å². The molecule has 12 heteroatoms. The minimum absolute atomic E-state index is 0.105. The Kier molecular flexibility index (Phi) is 7.04. The maximum Gasteiger partial charge on any atom is 0.258 e. The van der Waals surface area contributed by atoms with E-state index in [1.165, 1.54) is 18.2 Å². The van der Waals surface area contributed by atoms with Gasteiger partial charge in [0.1, 0.15) is 0 Å². The van der Waals surface area contributed by atoms with Gasteiger partial charge in [-0.2, -0.15) is 4.31 Å². The molecule has 2 aliphatic heterocycles. The zero-order valence-corrected chi connectivity index (χ0v) is 23.6. The zero-order valence-electron chi connectivity index (χ0n) is 22.0. The van der Waals surface area contributed by atoms with E-state index in [9.17, 15) is 30.4 Å². The van der Waals surface area contributed by atoms with Crippen LogP contribution < -0.4 is 9.62 Å². The standard InChI is InChI=1S/C27H33F2N3O5S2/c1-19-8-10-26(11-9-19)18-32(24-7-6-21(17-23(24)26)30-38(2,34)35)25(33)20-4-3-5-22(16-20)39(36,37)31-14-12-27(28,29)13-15-31/h3-7,16-17,19,30H,8-15,18H2,1-2H3/t19-,26+.